The molecule has 2 aromatic rings. The largest absolute Gasteiger partial charge is 0.344 e. The third-order valence-corrected chi connectivity index (χ3v) is 3.77. The Balaban J connectivity index is 1.80. The van der Waals surface area contributed by atoms with E-state index in [-0.39, 0.29) is 0 Å². The van der Waals surface area contributed by atoms with Gasteiger partial charge < -0.3 is 9.42 Å². The highest BCUT2D eigenvalue weighted by molar-refractivity contribution is 5.33. The van der Waals surface area contributed by atoms with E-state index < -0.39 is 0 Å². The molecule has 0 aliphatic heterocycles. The molecule has 0 spiro atoms. The van der Waals surface area contributed by atoms with E-state index in [4.69, 9.17) is 4.52 Å². The van der Waals surface area contributed by atoms with Crippen LogP contribution < -0.4 is 4.90 Å². The van der Waals surface area contributed by atoms with Crippen LogP contribution in [-0.4, -0.2) is 24.2 Å². The zero-order valence-corrected chi connectivity index (χ0v) is 11.5. The number of anilines is 1. The zero-order valence-electron chi connectivity index (χ0n) is 11.5. The summed E-state index contributed by atoms with van der Waals surface area (Å²) in [5, 5.41) is 3.98. The van der Waals surface area contributed by atoms with Gasteiger partial charge in [0.1, 0.15) is 0 Å². The lowest BCUT2D eigenvalue weighted by Gasteiger charge is -2.24. The van der Waals surface area contributed by atoms with Crippen molar-refractivity contribution >= 4 is 5.95 Å². The van der Waals surface area contributed by atoms with Crippen molar-refractivity contribution in [3.05, 3.63) is 41.3 Å². The van der Waals surface area contributed by atoms with Crippen LogP contribution in [0.25, 0.3) is 0 Å². The third-order valence-electron chi connectivity index (χ3n) is 3.77. The van der Waals surface area contributed by atoms with E-state index in [2.05, 4.69) is 34.4 Å². The minimum atomic E-state index is 0.514. The molecule has 4 nitrogen and oxygen atoms in total. The van der Waals surface area contributed by atoms with Crippen molar-refractivity contribution < 1.29 is 4.52 Å². The van der Waals surface area contributed by atoms with E-state index in [0.29, 0.717) is 11.9 Å². The number of benzene rings is 1. The smallest absolute Gasteiger partial charge is 0.265 e. The molecule has 0 N–H and O–H groups in total. The molecular formula is C15H19N3O. The van der Waals surface area contributed by atoms with Crippen molar-refractivity contribution in [2.45, 2.75) is 31.6 Å². The lowest BCUT2D eigenvalue weighted by atomic mass is 9.81. The SMILES string of the molecule is CN(C)c1noc(C[C@@H]2CCCc3ccccc32)n1. The molecule has 3 rings (SSSR count). The van der Waals surface area contributed by atoms with Gasteiger partial charge in [-0.05, 0) is 41.5 Å². The van der Waals surface area contributed by atoms with Crippen molar-refractivity contribution in [1.82, 2.24) is 10.1 Å². The molecular weight excluding hydrogens is 238 g/mol. The Kier molecular flexibility index (Phi) is 3.23. The number of hydrogen-bond donors (Lipinski definition) is 0. The Labute approximate surface area is 113 Å². The summed E-state index contributed by atoms with van der Waals surface area (Å²) in [6.45, 7) is 0. The summed E-state index contributed by atoms with van der Waals surface area (Å²) in [5.74, 6) is 1.91. The average molecular weight is 257 g/mol. The summed E-state index contributed by atoms with van der Waals surface area (Å²) in [6, 6.07) is 8.72. The van der Waals surface area contributed by atoms with Gasteiger partial charge in [0, 0.05) is 20.5 Å². The maximum atomic E-state index is 5.34. The minimum Gasteiger partial charge on any atom is -0.344 e. The first kappa shape index (κ1) is 12.2. The molecule has 0 unspecified atom stereocenters. The topological polar surface area (TPSA) is 42.2 Å². The molecule has 4 heteroatoms. The maximum absolute atomic E-state index is 5.34. The highest BCUT2D eigenvalue weighted by atomic mass is 16.5. The standard InChI is InChI=1S/C15H19N3O/c1-18(2)15-16-14(19-17-15)10-12-8-5-7-11-6-3-4-9-13(11)12/h3-4,6,9,12H,5,7-8,10H2,1-2H3/t12-/m0/s1. The Morgan fingerprint density at radius 3 is 2.95 bits per heavy atom. The molecule has 0 amide bonds. The summed E-state index contributed by atoms with van der Waals surface area (Å²) in [6.07, 6.45) is 4.49. The lowest BCUT2D eigenvalue weighted by molar-refractivity contribution is 0.362. The average Bonchev–Trinajstić information content (AvgIpc) is 2.88. The van der Waals surface area contributed by atoms with Crippen LogP contribution in [-0.2, 0) is 12.8 Å². The fraction of sp³-hybridized carbons (Fsp3) is 0.467. The van der Waals surface area contributed by atoms with E-state index in [1.165, 1.54) is 30.4 Å². The lowest BCUT2D eigenvalue weighted by Crippen LogP contribution is -2.13. The highest BCUT2D eigenvalue weighted by Gasteiger charge is 2.22. The van der Waals surface area contributed by atoms with Gasteiger partial charge in [0.15, 0.2) is 0 Å². The predicted octanol–water partition coefficient (Wildman–Crippen LogP) is 2.80. The van der Waals surface area contributed by atoms with Gasteiger partial charge in [-0.15, -0.1) is 0 Å². The van der Waals surface area contributed by atoms with Gasteiger partial charge in [0.25, 0.3) is 5.95 Å². The van der Waals surface area contributed by atoms with Gasteiger partial charge in [0.05, 0.1) is 0 Å². The van der Waals surface area contributed by atoms with E-state index in [1.54, 1.807) is 0 Å². The van der Waals surface area contributed by atoms with Crippen LogP contribution in [0.4, 0.5) is 5.95 Å². The van der Waals surface area contributed by atoms with Crippen molar-refractivity contribution in [2.75, 3.05) is 19.0 Å². The Morgan fingerprint density at radius 1 is 1.32 bits per heavy atom. The second-order valence-corrected chi connectivity index (χ2v) is 5.37. The number of fused-ring (bicyclic) bond motifs is 1. The molecule has 1 heterocycles. The Morgan fingerprint density at radius 2 is 2.16 bits per heavy atom. The van der Waals surface area contributed by atoms with Crippen LogP contribution >= 0.6 is 0 Å². The van der Waals surface area contributed by atoms with Crippen LogP contribution in [0.3, 0.4) is 0 Å². The van der Waals surface area contributed by atoms with Crippen LogP contribution in [0, 0.1) is 0 Å². The second kappa shape index (κ2) is 5.03. The van der Waals surface area contributed by atoms with E-state index in [0.717, 1.165) is 12.3 Å². The molecule has 1 atom stereocenters. The summed E-state index contributed by atoms with van der Waals surface area (Å²) in [7, 11) is 3.84. The van der Waals surface area contributed by atoms with Crippen molar-refractivity contribution in [1.29, 1.82) is 0 Å². The van der Waals surface area contributed by atoms with Crippen LogP contribution in [0.15, 0.2) is 28.8 Å². The molecule has 0 saturated heterocycles. The molecule has 1 aromatic heterocycles. The van der Waals surface area contributed by atoms with E-state index >= 15 is 0 Å². The maximum Gasteiger partial charge on any atom is 0.265 e. The quantitative estimate of drug-likeness (QED) is 0.848. The van der Waals surface area contributed by atoms with Gasteiger partial charge in [-0.2, -0.15) is 4.98 Å². The molecule has 1 aliphatic carbocycles. The van der Waals surface area contributed by atoms with Gasteiger partial charge >= 0.3 is 0 Å². The second-order valence-electron chi connectivity index (χ2n) is 5.37. The molecule has 1 aromatic carbocycles. The van der Waals surface area contributed by atoms with Gasteiger partial charge in [-0.3, -0.25) is 0 Å². The summed E-state index contributed by atoms with van der Waals surface area (Å²) in [5.41, 5.74) is 2.93. The third kappa shape index (κ3) is 2.48. The number of aryl methyl sites for hydroxylation is 1. The first-order valence-electron chi connectivity index (χ1n) is 6.82. The predicted molar refractivity (Wildman–Crippen MR) is 74.5 cm³/mol. The summed E-state index contributed by atoms with van der Waals surface area (Å²) < 4.78 is 5.34. The summed E-state index contributed by atoms with van der Waals surface area (Å²) >= 11 is 0. The van der Waals surface area contributed by atoms with Crippen molar-refractivity contribution in [3.8, 4) is 0 Å². The van der Waals surface area contributed by atoms with Crippen molar-refractivity contribution in [2.24, 2.45) is 0 Å². The van der Waals surface area contributed by atoms with E-state index in [1.807, 2.05) is 19.0 Å². The number of hydrogen-bond acceptors (Lipinski definition) is 4. The van der Waals surface area contributed by atoms with Crippen LogP contribution in [0.2, 0.25) is 0 Å². The minimum absolute atomic E-state index is 0.514. The molecule has 0 bridgehead atoms. The molecule has 1 aliphatic rings. The van der Waals surface area contributed by atoms with Gasteiger partial charge in [-0.25, -0.2) is 0 Å². The van der Waals surface area contributed by atoms with Crippen molar-refractivity contribution in [3.63, 3.8) is 0 Å². The monoisotopic (exact) mass is 257 g/mol. The Hall–Kier alpha value is -1.84. The van der Waals surface area contributed by atoms with Gasteiger partial charge in [0.2, 0.25) is 5.89 Å². The molecule has 100 valence electrons. The molecule has 0 saturated carbocycles. The fourth-order valence-corrected chi connectivity index (χ4v) is 2.79. The first-order valence-corrected chi connectivity index (χ1v) is 6.82. The first-order chi connectivity index (χ1) is 9.24. The van der Waals surface area contributed by atoms with Crippen LogP contribution in [0.1, 0.15) is 35.8 Å². The van der Waals surface area contributed by atoms with Crippen LogP contribution in [0.5, 0.6) is 0 Å². The highest BCUT2D eigenvalue weighted by Crippen LogP contribution is 2.33. The number of nitrogens with zero attached hydrogens (tertiary/aromatic N) is 3. The van der Waals surface area contributed by atoms with E-state index in [9.17, 15) is 0 Å². The fourth-order valence-electron chi connectivity index (χ4n) is 2.79. The molecule has 0 fully saturated rings. The zero-order chi connectivity index (χ0) is 13.2. The normalized spacial score (nSPS) is 18.1. The molecule has 0 radical (unpaired) electrons. The Bertz CT molecular complexity index is 562. The summed E-state index contributed by atoms with van der Waals surface area (Å²) in [4.78, 5) is 6.29. The van der Waals surface area contributed by atoms with Gasteiger partial charge in [-0.1, -0.05) is 24.3 Å². The number of rotatable bonds is 3. The number of aromatic nitrogens is 2. The molecule has 19 heavy (non-hydrogen) atoms.